The lowest BCUT2D eigenvalue weighted by Crippen LogP contribution is -2.01. The van der Waals surface area contributed by atoms with Gasteiger partial charge in [-0.15, -0.1) is 0 Å². The molecule has 1 heterocycles. The van der Waals surface area contributed by atoms with Crippen molar-refractivity contribution in [2.24, 2.45) is 0 Å². The molecule has 0 bridgehead atoms. The normalized spacial score (nSPS) is 11.0. The molecule has 4 nitrogen and oxygen atoms in total. The second-order valence-corrected chi connectivity index (χ2v) is 5.83. The number of nitro groups is 1. The summed E-state index contributed by atoms with van der Waals surface area (Å²) in [7, 11) is 0. The van der Waals surface area contributed by atoms with E-state index in [9.17, 15) is 10.1 Å². The molecule has 0 aliphatic heterocycles. The molecule has 0 amide bonds. The van der Waals surface area contributed by atoms with Crippen LogP contribution in [0.4, 0.5) is 5.69 Å². The molecule has 0 saturated heterocycles. The Labute approximate surface area is 134 Å². The molecule has 0 aliphatic carbocycles. The van der Waals surface area contributed by atoms with Gasteiger partial charge in [-0.25, -0.2) is 0 Å². The molecule has 2 aromatic carbocycles. The lowest BCUT2D eigenvalue weighted by molar-refractivity contribution is -0.385. The molecule has 3 aromatic rings. The van der Waals surface area contributed by atoms with E-state index < -0.39 is 4.92 Å². The van der Waals surface area contributed by atoms with E-state index in [0.717, 1.165) is 16.5 Å². The van der Waals surface area contributed by atoms with Crippen LogP contribution in [0, 0.1) is 10.1 Å². The summed E-state index contributed by atoms with van der Waals surface area (Å²) in [6.45, 7) is 0.509. The molecule has 1 aromatic heterocycles. The molecule has 3 rings (SSSR count). The Bertz CT molecular complexity index is 845. The number of nitro benzene ring substituents is 1. The van der Waals surface area contributed by atoms with E-state index in [0.29, 0.717) is 16.0 Å². The third-order valence-electron chi connectivity index (χ3n) is 3.33. The van der Waals surface area contributed by atoms with Crippen molar-refractivity contribution in [1.29, 1.82) is 0 Å². The number of hydrogen-bond acceptors (Lipinski definition) is 2. The molecule has 6 heteroatoms. The van der Waals surface area contributed by atoms with E-state index in [1.165, 1.54) is 6.07 Å². The zero-order valence-electron chi connectivity index (χ0n) is 10.8. The summed E-state index contributed by atoms with van der Waals surface area (Å²) in [6.07, 6.45) is 1.93. The number of halogens is 2. The van der Waals surface area contributed by atoms with Crippen LogP contribution in [0.3, 0.4) is 0 Å². The lowest BCUT2D eigenvalue weighted by Gasteiger charge is -2.09. The van der Waals surface area contributed by atoms with Gasteiger partial charge >= 0.3 is 0 Å². The van der Waals surface area contributed by atoms with Crippen LogP contribution in [0.2, 0.25) is 5.02 Å². The van der Waals surface area contributed by atoms with Gasteiger partial charge in [0.15, 0.2) is 0 Å². The van der Waals surface area contributed by atoms with E-state index in [-0.39, 0.29) is 5.69 Å². The van der Waals surface area contributed by atoms with Gasteiger partial charge in [0.1, 0.15) is 4.47 Å². The van der Waals surface area contributed by atoms with Gasteiger partial charge in [0.2, 0.25) is 0 Å². The molecule has 0 unspecified atom stereocenters. The lowest BCUT2D eigenvalue weighted by atomic mass is 10.2. The van der Waals surface area contributed by atoms with Crippen LogP contribution in [-0.4, -0.2) is 9.49 Å². The minimum Gasteiger partial charge on any atom is -0.342 e. The van der Waals surface area contributed by atoms with E-state index in [4.69, 9.17) is 11.6 Å². The van der Waals surface area contributed by atoms with Crippen molar-refractivity contribution >= 4 is 44.1 Å². The third-order valence-corrected chi connectivity index (χ3v) is 4.56. The predicted octanol–water partition coefficient (Wildman–Crippen LogP) is 5.01. The van der Waals surface area contributed by atoms with Gasteiger partial charge in [-0.05, 0) is 33.6 Å². The quantitative estimate of drug-likeness (QED) is 0.483. The Kier molecular flexibility index (Phi) is 3.69. The maximum atomic E-state index is 11.0. The van der Waals surface area contributed by atoms with Crippen LogP contribution in [0.1, 0.15) is 5.56 Å². The first-order valence-corrected chi connectivity index (χ1v) is 7.40. The highest BCUT2D eigenvalue weighted by Crippen LogP contribution is 2.31. The van der Waals surface area contributed by atoms with Gasteiger partial charge in [-0.1, -0.05) is 35.9 Å². The number of rotatable bonds is 3. The Morgan fingerprint density at radius 1 is 1.19 bits per heavy atom. The fourth-order valence-electron chi connectivity index (χ4n) is 2.36. The molecule has 0 saturated carbocycles. The molecular formula is C15H10BrClN2O2. The summed E-state index contributed by atoms with van der Waals surface area (Å²) in [5.74, 6) is 0. The van der Waals surface area contributed by atoms with Crippen molar-refractivity contribution in [2.45, 2.75) is 6.54 Å². The first-order chi connectivity index (χ1) is 10.1. The Morgan fingerprint density at radius 3 is 2.71 bits per heavy atom. The monoisotopic (exact) mass is 364 g/mol. The van der Waals surface area contributed by atoms with E-state index in [1.54, 1.807) is 6.07 Å². The molecular weight excluding hydrogens is 356 g/mol. The van der Waals surface area contributed by atoms with Gasteiger partial charge in [0, 0.05) is 24.2 Å². The average Bonchev–Trinajstić information content (AvgIpc) is 2.85. The van der Waals surface area contributed by atoms with Gasteiger partial charge < -0.3 is 4.57 Å². The minimum atomic E-state index is -0.395. The van der Waals surface area contributed by atoms with Crippen LogP contribution < -0.4 is 0 Å². The van der Waals surface area contributed by atoms with E-state index >= 15 is 0 Å². The molecule has 0 N–H and O–H groups in total. The summed E-state index contributed by atoms with van der Waals surface area (Å²) in [6, 6.07) is 12.7. The fraction of sp³-hybridized carbons (Fsp3) is 0.0667. The number of para-hydroxylation sites is 1. The van der Waals surface area contributed by atoms with E-state index in [2.05, 4.69) is 15.9 Å². The minimum absolute atomic E-state index is 0.0649. The Balaban J connectivity index is 2.07. The molecule has 0 fully saturated rings. The highest BCUT2D eigenvalue weighted by atomic mass is 79.9. The number of fused-ring (bicyclic) bond motifs is 1. The largest absolute Gasteiger partial charge is 0.342 e. The number of aromatic nitrogens is 1. The topological polar surface area (TPSA) is 48.1 Å². The van der Waals surface area contributed by atoms with Crippen molar-refractivity contribution in [1.82, 2.24) is 4.57 Å². The smallest absolute Gasteiger partial charge is 0.283 e. The second-order valence-electron chi connectivity index (χ2n) is 4.63. The van der Waals surface area contributed by atoms with Gasteiger partial charge in [0.25, 0.3) is 5.69 Å². The summed E-state index contributed by atoms with van der Waals surface area (Å²) in [5, 5.41) is 12.7. The van der Waals surface area contributed by atoms with Crippen LogP contribution in [0.25, 0.3) is 10.9 Å². The summed E-state index contributed by atoms with van der Waals surface area (Å²) < 4.78 is 2.49. The van der Waals surface area contributed by atoms with Gasteiger partial charge in [-0.3, -0.25) is 10.1 Å². The van der Waals surface area contributed by atoms with Gasteiger partial charge in [0.05, 0.1) is 15.5 Å². The van der Waals surface area contributed by atoms with Gasteiger partial charge in [-0.2, -0.15) is 0 Å². The Hall–Kier alpha value is -1.85. The molecule has 0 radical (unpaired) electrons. The summed E-state index contributed by atoms with van der Waals surface area (Å²) in [5.41, 5.74) is 1.83. The molecule has 106 valence electrons. The maximum Gasteiger partial charge on any atom is 0.283 e. The van der Waals surface area contributed by atoms with Crippen LogP contribution >= 0.6 is 27.5 Å². The number of hydrogen-bond donors (Lipinski definition) is 0. The highest BCUT2D eigenvalue weighted by Gasteiger charge is 2.15. The highest BCUT2D eigenvalue weighted by molar-refractivity contribution is 9.10. The van der Waals surface area contributed by atoms with E-state index in [1.807, 2.05) is 41.1 Å². The maximum absolute atomic E-state index is 11.0. The fourth-order valence-corrected chi connectivity index (χ4v) is 3.18. The van der Waals surface area contributed by atoms with Crippen molar-refractivity contribution < 1.29 is 4.92 Å². The average molecular weight is 366 g/mol. The van der Waals surface area contributed by atoms with Crippen molar-refractivity contribution in [2.75, 3.05) is 0 Å². The Morgan fingerprint density at radius 2 is 1.95 bits per heavy atom. The molecule has 0 atom stereocenters. The zero-order chi connectivity index (χ0) is 15.0. The van der Waals surface area contributed by atoms with Crippen molar-refractivity contribution in [3.05, 3.63) is 73.8 Å². The predicted molar refractivity (Wildman–Crippen MR) is 86.8 cm³/mol. The first kappa shape index (κ1) is 14.1. The second kappa shape index (κ2) is 5.50. The van der Waals surface area contributed by atoms with Crippen LogP contribution in [0.5, 0.6) is 0 Å². The molecule has 21 heavy (non-hydrogen) atoms. The molecule has 0 aliphatic rings. The third kappa shape index (κ3) is 2.54. The zero-order valence-corrected chi connectivity index (χ0v) is 13.1. The standard InChI is InChI=1S/C15H10BrClN2O2/c16-14-11(4-2-6-13(14)19(20)21)9-18-8-7-10-3-1-5-12(17)15(10)18/h1-8H,9H2. The van der Waals surface area contributed by atoms with Crippen LogP contribution in [0.15, 0.2) is 53.1 Å². The van der Waals surface area contributed by atoms with Crippen molar-refractivity contribution in [3.63, 3.8) is 0 Å². The number of nitrogens with zero attached hydrogens (tertiary/aromatic N) is 2. The number of benzene rings is 2. The summed E-state index contributed by atoms with van der Waals surface area (Å²) in [4.78, 5) is 10.6. The van der Waals surface area contributed by atoms with Crippen LogP contribution in [-0.2, 0) is 6.54 Å². The van der Waals surface area contributed by atoms with Crippen molar-refractivity contribution in [3.8, 4) is 0 Å². The summed E-state index contributed by atoms with van der Waals surface area (Å²) >= 11 is 9.57. The first-order valence-electron chi connectivity index (χ1n) is 6.23. The molecule has 0 spiro atoms. The SMILES string of the molecule is O=[N+]([O-])c1cccc(Cn2ccc3cccc(Cl)c32)c1Br.